The summed E-state index contributed by atoms with van der Waals surface area (Å²) in [4.78, 5) is 0. The predicted octanol–water partition coefficient (Wildman–Crippen LogP) is 3.10. The number of hydrogen-bond donors (Lipinski definition) is 0. The van der Waals surface area contributed by atoms with Gasteiger partial charge in [-0.3, -0.25) is 0 Å². The second-order valence-electron chi connectivity index (χ2n) is 4.24. The first-order valence-corrected chi connectivity index (χ1v) is 7.13. The summed E-state index contributed by atoms with van der Waals surface area (Å²) >= 11 is 5.69. The number of rotatable bonds is 13. The SMILES string of the molecule is CCCCOCCOCCOCCC(C)CCl. The van der Waals surface area contributed by atoms with E-state index in [0.717, 1.165) is 26.1 Å². The Labute approximate surface area is 111 Å². The summed E-state index contributed by atoms with van der Waals surface area (Å²) in [5.74, 6) is 1.24. The van der Waals surface area contributed by atoms with Crippen molar-refractivity contribution in [2.45, 2.75) is 33.1 Å². The van der Waals surface area contributed by atoms with Gasteiger partial charge in [0.15, 0.2) is 0 Å². The lowest BCUT2D eigenvalue weighted by atomic mass is 10.1. The average Bonchev–Trinajstić information content (AvgIpc) is 2.35. The quantitative estimate of drug-likeness (QED) is 0.379. The second-order valence-corrected chi connectivity index (χ2v) is 4.55. The molecular weight excluding hydrogens is 240 g/mol. The van der Waals surface area contributed by atoms with Crippen LogP contribution < -0.4 is 0 Å². The molecule has 0 saturated heterocycles. The molecule has 0 N–H and O–H groups in total. The standard InChI is InChI=1S/C13H27ClO3/c1-3-4-6-15-8-10-17-11-9-16-7-5-13(2)12-14/h13H,3-12H2,1-2H3. The highest BCUT2D eigenvalue weighted by Crippen LogP contribution is 2.03. The first-order chi connectivity index (χ1) is 8.31. The maximum absolute atomic E-state index is 5.69. The second kappa shape index (κ2) is 14.2. The Morgan fingerprint density at radius 3 is 1.94 bits per heavy atom. The molecule has 0 aliphatic heterocycles. The number of hydrogen-bond acceptors (Lipinski definition) is 3. The molecule has 0 heterocycles. The highest BCUT2D eigenvalue weighted by atomic mass is 35.5. The van der Waals surface area contributed by atoms with E-state index in [1.54, 1.807) is 0 Å². The summed E-state index contributed by atoms with van der Waals surface area (Å²) in [6.45, 7) is 8.53. The van der Waals surface area contributed by atoms with Crippen LogP contribution in [-0.2, 0) is 14.2 Å². The zero-order valence-electron chi connectivity index (χ0n) is 11.3. The molecule has 4 heteroatoms. The van der Waals surface area contributed by atoms with E-state index in [1.165, 1.54) is 6.42 Å². The van der Waals surface area contributed by atoms with Gasteiger partial charge in [0.05, 0.1) is 26.4 Å². The van der Waals surface area contributed by atoms with Gasteiger partial charge >= 0.3 is 0 Å². The van der Waals surface area contributed by atoms with E-state index in [0.29, 0.717) is 38.2 Å². The van der Waals surface area contributed by atoms with Crippen molar-refractivity contribution in [2.75, 3.05) is 45.5 Å². The molecule has 0 bridgehead atoms. The zero-order chi connectivity index (χ0) is 12.8. The van der Waals surface area contributed by atoms with Gasteiger partial charge in [-0.15, -0.1) is 11.6 Å². The molecule has 0 saturated carbocycles. The molecule has 0 rings (SSSR count). The van der Waals surface area contributed by atoms with Crippen molar-refractivity contribution in [3.8, 4) is 0 Å². The number of halogens is 1. The third kappa shape index (κ3) is 14.1. The summed E-state index contributed by atoms with van der Waals surface area (Å²) < 4.78 is 16.2. The van der Waals surface area contributed by atoms with Crippen molar-refractivity contribution in [1.29, 1.82) is 0 Å². The van der Waals surface area contributed by atoms with Crippen LogP contribution in [0.5, 0.6) is 0 Å². The van der Waals surface area contributed by atoms with Crippen LogP contribution in [0.25, 0.3) is 0 Å². The van der Waals surface area contributed by atoms with Gasteiger partial charge in [-0.25, -0.2) is 0 Å². The smallest absolute Gasteiger partial charge is 0.0701 e. The van der Waals surface area contributed by atoms with Gasteiger partial charge < -0.3 is 14.2 Å². The largest absolute Gasteiger partial charge is 0.379 e. The molecule has 0 aromatic heterocycles. The van der Waals surface area contributed by atoms with E-state index in [1.807, 2.05) is 0 Å². The van der Waals surface area contributed by atoms with Crippen molar-refractivity contribution >= 4 is 11.6 Å². The van der Waals surface area contributed by atoms with Crippen molar-refractivity contribution in [2.24, 2.45) is 5.92 Å². The lowest BCUT2D eigenvalue weighted by Gasteiger charge is -2.08. The van der Waals surface area contributed by atoms with Gasteiger partial charge in [-0.05, 0) is 18.8 Å². The van der Waals surface area contributed by atoms with E-state index in [-0.39, 0.29) is 0 Å². The Morgan fingerprint density at radius 1 is 0.882 bits per heavy atom. The van der Waals surface area contributed by atoms with Gasteiger partial charge in [-0.2, -0.15) is 0 Å². The molecular formula is C13H27ClO3. The third-order valence-corrected chi connectivity index (χ3v) is 2.93. The topological polar surface area (TPSA) is 27.7 Å². The summed E-state index contributed by atoms with van der Waals surface area (Å²) in [6, 6.07) is 0. The summed E-state index contributed by atoms with van der Waals surface area (Å²) in [5.41, 5.74) is 0. The lowest BCUT2D eigenvalue weighted by Crippen LogP contribution is -2.11. The van der Waals surface area contributed by atoms with Crippen LogP contribution in [0.2, 0.25) is 0 Å². The fourth-order valence-electron chi connectivity index (χ4n) is 1.15. The Bertz CT molecular complexity index is 145. The highest BCUT2D eigenvalue weighted by molar-refractivity contribution is 6.18. The number of ether oxygens (including phenoxy) is 3. The minimum absolute atomic E-state index is 0.532. The summed E-state index contributed by atoms with van der Waals surface area (Å²) in [7, 11) is 0. The normalized spacial score (nSPS) is 12.9. The molecule has 104 valence electrons. The molecule has 0 aliphatic carbocycles. The molecule has 0 aromatic rings. The molecule has 1 unspecified atom stereocenters. The Kier molecular flexibility index (Phi) is 14.4. The zero-order valence-corrected chi connectivity index (χ0v) is 12.0. The highest BCUT2D eigenvalue weighted by Gasteiger charge is 1.99. The van der Waals surface area contributed by atoms with Crippen molar-refractivity contribution in [3.05, 3.63) is 0 Å². The summed E-state index contributed by atoms with van der Waals surface area (Å²) in [6.07, 6.45) is 3.32. The van der Waals surface area contributed by atoms with E-state index in [9.17, 15) is 0 Å². The van der Waals surface area contributed by atoms with Gasteiger partial charge in [-0.1, -0.05) is 20.3 Å². The lowest BCUT2D eigenvalue weighted by molar-refractivity contribution is 0.0124. The molecule has 3 nitrogen and oxygen atoms in total. The van der Waals surface area contributed by atoms with Crippen molar-refractivity contribution < 1.29 is 14.2 Å². The first kappa shape index (κ1) is 17.2. The Hall–Kier alpha value is 0.170. The van der Waals surface area contributed by atoms with E-state index < -0.39 is 0 Å². The fraction of sp³-hybridized carbons (Fsp3) is 1.00. The number of unbranched alkanes of at least 4 members (excludes halogenated alkanes) is 1. The Morgan fingerprint density at radius 2 is 1.41 bits per heavy atom. The van der Waals surface area contributed by atoms with Crippen LogP contribution >= 0.6 is 11.6 Å². The van der Waals surface area contributed by atoms with Crippen LogP contribution in [0.15, 0.2) is 0 Å². The van der Waals surface area contributed by atoms with Crippen molar-refractivity contribution in [3.63, 3.8) is 0 Å². The maximum Gasteiger partial charge on any atom is 0.0701 e. The minimum Gasteiger partial charge on any atom is -0.379 e. The maximum atomic E-state index is 5.69. The molecule has 0 spiro atoms. The van der Waals surface area contributed by atoms with E-state index >= 15 is 0 Å². The first-order valence-electron chi connectivity index (χ1n) is 6.60. The summed E-state index contributed by atoms with van der Waals surface area (Å²) in [5, 5.41) is 0. The van der Waals surface area contributed by atoms with Gasteiger partial charge in [0.25, 0.3) is 0 Å². The van der Waals surface area contributed by atoms with Crippen LogP contribution in [0.4, 0.5) is 0 Å². The monoisotopic (exact) mass is 266 g/mol. The molecule has 0 amide bonds. The average molecular weight is 267 g/mol. The molecule has 0 fully saturated rings. The van der Waals surface area contributed by atoms with Crippen molar-refractivity contribution in [1.82, 2.24) is 0 Å². The molecule has 0 aliphatic rings. The van der Waals surface area contributed by atoms with Gasteiger partial charge in [0.2, 0.25) is 0 Å². The van der Waals surface area contributed by atoms with Gasteiger partial charge in [0.1, 0.15) is 0 Å². The molecule has 1 atom stereocenters. The third-order valence-electron chi connectivity index (χ3n) is 2.40. The predicted molar refractivity (Wildman–Crippen MR) is 71.9 cm³/mol. The fourth-order valence-corrected chi connectivity index (χ4v) is 1.30. The molecule has 17 heavy (non-hydrogen) atoms. The van der Waals surface area contributed by atoms with Crippen LogP contribution in [0.1, 0.15) is 33.1 Å². The van der Waals surface area contributed by atoms with Crippen LogP contribution in [0, 0.1) is 5.92 Å². The van der Waals surface area contributed by atoms with E-state index in [2.05, 4.69) is 13.8 Å². The van der Waals surface area contributed by atoms with Crippen LogP contribution in [-0.4, -0.2) is 45.5 Å². The van der Waals surface area contributed by atoms with E-state index in [4.69, 9.17) is 25.8 Å². The Balaban J connectivity index is 2.94. The number of alkyl halides is 1. The molecule has 0 aromatic carbocycles. The van der Waals surface area contributed by atoms with Gasteiger partial charge in [0, 0.05) is 19.1 Å². The van der Waals surface area contributed by atoms with Crippen LogP contribution in [0.3, 0.4) is 0 Å². The minimum atomic E-state index is 0.532. The molecule has 0 radical (unpaired) electrons.